The summed E-state index contributed by atoms with van der Waals surface area (Å²) in [5, 5.41) is 0.569. The van der Waals surface area contributed by atoms with Crippen molar-refractivity contribution in [2.45, 2.75) is 44.3 Å². The SMILES string of the molecule is NC1CCCc2nc(CCC(F)(F)F)sc21. The van der Waals surface area contributed by atoms with Gasteiger partial charge in [0.05, 0.1) is 10.7 Å². The van der Waals surface area contributed by atoms with E-state index in [1.54, 1.807) is 0 Å². The molecule has 2 rings (SSSR count). The highest BCUT2D eigenvalue weighted by atomic mass is 32.1. The zero-order chi connectivity index (χ0) is 11.8. The highest BCUT2D eigenvalue weighted by Crippen LogP contribution is 2.34. The van der Waals surface area contributed by atoms with Gasteiger partial charge in [0.25, 0.3) is 0 Å². The van der Waals surface area contributed by atoms with E-state index in [4.69, 9.17) is 5.73 Å². The van der Waals surface area contributed by atoms with Crippen LogP contribution in [0.15, 0.2) is 0 Å². The minimum Gasteiger partial charge on any atom is -0.323 e. The maximum atomic E-state index is 12.1. The van der Waals surface area contributed by atoms with Gasteiger partial charge >= 0.3 is 6.18 Å². The Morgan fingerprint density at radius 2 is 2.19 bits per heavy atom. The zero-order valence-electron chi connectivity index (χ0n) is 8.68. The third-order valence-corrected chi connectivity index (χ3v) is 3.95. The quantitative estimate of drug-likeness (QED) is 0.876. The average Bonchev–Trinajstić information content (AvgIpc) is 2.58. The summed E-state index contributed by atoms with van der Waals surface area (Å²) in [7, 11) is 0. The molecule has 16 heavy (non-hydrogen) atoms. The van der Waals surface area contributed by atoms with Gasteiger partial charge in [-0.1, -0.05) is 0 Å². The zero-order valence-corrected chi connectivity index (χ0v) is 9.50. The van der Waals surface area contributed by atoms with Crippen LogP contribution in [0.25, 0.3) is 0 Å². The fraction of sp³-hybridized carbons (Fsp3) is 0.700. The predicted octanol–water partition coefficient (Wildman–Crippen LogP) is 2.97. The minimum absolute atomic E-state index is 0.0200. The molecule has 0 spiro atoms. The molecule has 0 saturated heterocycles. The van der Waals surface area contributed by atoms with Crippen molar-refractivity contribution in [3.63, 3.8) is 0 Å². The Balaban J connectivity index is 2.07. The van der Waals surface area contributed by atoms with Crippen LogP contribution in [-0.2, 0) is 12.8 Å². The standard InChI is InChI=1S/C10H13F3N2S/c11-10(12,13)5-4-8-15-7-3-1-2-6(14)9(7)16-8/h6H,1-5,14H2. The molecule has 0 saturated carbocycles. The summed E-state index contributed by atoms with van der Waals surface area (Å²) >= 11 is 1.35. The molecule has 1 aliphatic carbocycles. The Hall–Kier alpha value is -0.620. The Morgan fingerprint density at radius 1 is 1.44 bits per heavy atom. The molecular formula is C10H13F3N2S. The Bertz CT molecular complexity index is 373. The van der Waals surface area contributed by atoms with Crippen molar-refractivity contribution in [1.82, 2.24) is 4.98 Å². The lowest BCUT2D eigenvalue weighted by Gasteiger charge is -2.15. The molecule has 0 aliphatic heterocycles. The van der Waals surface area contributed by atoms with E-state index in [-0.39, 0.29) is 12.5 Å². The molecule has 1 heterocycles. The van der Waals surface area contributed by atoms with E-state index < -0.39 is 12.6 Å². The highest BCUT2D eigenvalue weighted by Gasteiger charge is 2.28. The lowest BCUT2D eigenvalue weighted by Crippen LogP contribution is -2.15. The van der Waals surface area contributed by atoms with Gasteiger partial charge in [0.1, 0.15) is 0 Å². The van der Waals surface area contributed by atoms with Crippen LogP contribution in [0.3, 0.4) is 0 Å². The number of alkyl halides is 3. The first-order chi connectivity index (χ1) is 7.46. The van der Waals surface area contributed by atoms with Crippen molar-refractivity contribution in [1.29, 1.82) is 0 Å². The van der Waals surface area contributed by atoms with Gasteiger partial charge in [-0.3, -0.25) is 0 Å². The molecule has 1 unspecified atom stereocenters. The van der Waals surface area contributed by atoms with Gasteiger partial charge in [0.15, 0.2) is 0 Å². The maximum Gasteiger partial charge on any atom is 0.389 e. The lowest BCUT2D eigenvalue weighted by atomic mass is 9.99. The Morgan fingerprint density at radius 3 is 2.81 bits per heavy atom. The molecule has 6 heteroatoms. The van der Waals surface area contributed by atoms with Crippen LogP contribution < -0.4 is 5.73 Å². The number of rotatable bonds is 2. The molecule has 0 fully saturated rings. The van der Waals surface area contributed by atoms with Crippen molar-refractivity contribution >= 4 is 11.3 Å². The molecule has 1 atom stereocenters. The van der Waals surface area contributed by atoms with Crippen molar-refractivity contribution < 1.29 is 13.2 Å². The average molecular weight is 250 g/mol. The molecule has 1 aromatic heterocycles. The first-order valence-corrected chi connectivity index (χ1v) is 6.08. The van der Waals surface area contributed by atoms with Gasteiger partial charge in [0.2, 0.25) is 0 Å². The van der Waals surface area contributed by atoms with Crippen LogP contribution in [-0.4, -0.2) is 11.2 Å². The highest BCUT2D eigenvalue weighted by molar-refractivity contribution is 7.11. The monoisotopic (exact) mass is 250 g/mol. The van der Waals surface area contributed by atoms with Crippen molar-refractivity contribution in [2.24, 2.45) is 5.73 Å². The lowest BCUT2D eigenvalue weighted by molar-refractivity contribution is -0.134. The first kappa shape index (κ1) is 11.9. The summed E-state index contributed by atoms with van der Waals surface area (Å²) in [5.41, 5.74) is 6.81. The van der Waals surface area contributed by atoms with E-state index in [0.29, 0.717) is 5.01 Å². The number of nitrogens with zero attached hydrogens (tertiary/aromatic N) is 1. The maximum absolute atomic E-state index is 12.1. The number of thiazole rings is 1. The molecule has 1 aliphatic rings. The topological polar surface area (TPSA) is 38.9 Å². The van der Waals surface area contributed by atoms with Gasteiger partial charge in [-0.15, -0.1) is 11.3 Å². The van der Waals surface area contributed by atoms with Crippen LogP contribution in [0.5, 0.6) is 0 Å². The number of nitrogens with two attached hydrogens (primary N) is 1. The summed E-state index contributed by atoms with van der Waals surface area (Å²) in [6.07, 6.45) is -2.17. The van der Waals surface area contributed by atoms with E-state index >= 15 is 0 Å². The van der Waals surface area contributed by atoms with Crippen LogP contribution >= 0.6 is 11.3 Å². The van der Waals surface area contributed by atoms with Gasteiger partial charge in [0, 0.05) is 23.8 Å². The molecule has 0 amide bonds. The normalized spacial score (nSPS) is 20.9. The molecule has 0 radical (unpaired) electrons. The molecule has 2 N–H and O–H groups in total. The van der Waals surface area contributed by atoms with E-state index in [2.05, 4.69) is 4.98 Å². The van der Waals surface area contributed by atoms with Gasteiger partial charge in [-0.05, 0) is 19.3 Å². The van der Waals surface area contributed by atoms with E-state index in [1.807, 2.05) is 0 Å². The largest absolute Gasteiger partial charge is 0.389 e. The van der Waals surface area contributed by atoms with Crippen molar-refractivity contribution in [3.05, 3.63) is 15.6 Å². The van der Waals surface area contributed by atoms with Gasteiger partial charge < -0.3 is 5.73 Å². The number of halogens is 3. The van der Waals surface area contributed by atoms with Crippen molar-refractivity contribution in [2.75, 3.05) is 0 Å². The number of aromatic nitrogens is 1. The summed E-state index contributed by atoms with van der Waals surface area (Å²) in [6.45, 7) is 0. The van der Waals surface area contributed by atoms with Gasteiger partial charge in [-0.2, -0.15) is 13.2 Å². The Labute approximate surface area is 95.7 Å². The van der Waals surface area contributed by atoms with Crippen LogP contribution in [0.1, 0.15) is 40.9 Å². The van der Waals surface area contributed by atoms with E-state index in [9.17, 15) is 13.2 Å². The van der Waals surface area contributed by atoms with E-state index in [0.717, 1.165) is 29.8 Å². The number of hydrogen-bond acceptors (Lipinski definition) is 3. The summed E-state index contributed by atoms with van der Waals surface area (Å²) in [5.74, 6) is 0. The molecule has 90 valence electrons. The summed E-state index contributed by atoms with van der Waals surface area (Å²) < 4.78 is 36.2. The molecule has 1 aromatic rings. The molecule has 0 bridgehead atoms. The summed E-state index contributed by atoms with van der Waals surface area (Å²) in [6, 6.07) is -0.0270. The van der Waals surface area contributed by atoms with Crippen LogP contribution in [0, 0.1) is 0 Å². The van der Waals surface area contributed by atoms with Crippen molar-refractivity contribution in [3.8, 4) is 0 Å². The molecule has 2 nitrogen and oxygen atoms in total. The third-order valence-electron chi connectivity index (χ3n) is 2.66. The fourth-order valence-electron chi connectivity index (χ4n) is 1.86. The summed E-state index contributed by atoms with van der Waals surface area (Å²) in [4.78, 5) is 5.23. The number of hydrogen-bond donors (Lipinski definition) is 1. The van der Waals surface area contributed by atoms with Gasteiger partial charge in [-0.25, -0.2) is 4.98 Å². The minimum atomic E-state index is -4.10. The second-order valence-corrected chi connectivity index (χ2v) is 5.15. The first-order valence-electron chi connectivity index (χ1n) is 5.26. The Kier molecular flexibility index (Phi) is 3.21. The molecular weight excluding hydrogens is 237 g/mol. The number of fused-ring (bicyclic) bond motifs is 1. The third kappa shape index (κ3) is 2.74. The molecule has 0 aromatic carbocycles. The predicted molar refractivity (Wildman–Crippen MR) is 56.4 cm³/mol. The second kappa shape index (κ2) is 4.33. The number of aryl methyl sites for hydroxylation is 2. The smallest absolute Gasteiger partial charge is 0.323 e. The second-order valence-electron chi connectivity index (χ2n) is 4.03. The van der Waals surface area contributed by atoms with Crippen LogP contribution in [0.4, 0.5) is 13.2 Å². The van der Waals surface area contributed by atoms with Crippen LogP contribution in [0.2, 0.25) is 0 Å². The fourth-order valence-corrected chi connectivity index (χ4v) is 3.01. The van der Waals surface area contributed by atoms with E-state index in [1.165, 1.54) is 11.3 Å².